The predicted octanol–water partition coefficient (Wildman–Crippen LogP) is 3.48. The summed E-state index contributed by atoms with van der Waals surface area (Å²) in [5.74, 6) is -0.0307. The molecule has 0 fully saturated rings. The van der Waals surface area contributed by atoms with Crippen LogP contribution in [0.2, 0.25) is 0 Å². The van der Waals surface area contributed by atoms with Crippen LogP contribution in [0.5, 0.6) is 0 Å². The van der Waals surface area contributed by atoms with Crippen molar-refractivity contribution in [2.24, 2.45) is 0 Å². The third-order valence-corrected chi connectivity index (χ3v) is 4.02. The largest absolute Gasteiger partial charge is 0.348 e. The van der Waals surface area contributed by atoms with Crippen molar-refractivity contribution in [3.05, 3.63) is 88.7 Å². The molecule has 1 heterocycles. The molecule has 0 aliphatic rings. The van der Waals surface area contributed by atoms with Gasteiger partial charge in [0.2, 0.25) is 0 Å². The minimum Gasteiger partial charge on any atom is -0.348 e. The molecule has 0 bridgehead atoms. The van der Waals surface area contributed by atoms with Crippen LogP contribution in [-0.2, 0) is 13.1 Å². The lowest BCUT2D eigenvalue weighted by Crippen LogP contribution is -2.23. The molecule has 122 valence electrons. The van der Waals surface area contributed by atoms with E-state index in [1.54, 1.807) is 6.20 Å². The van der Waals surface area contributed by atoms with Crippen molar-refractivity contribution in [1.29, 1.82) is 0 Å². The molecule has 0 saturated heterocycles. The van der Waals surface area contributed by atoms with Crippen molar-refractivity contribution in [2.45, 2.75) is 26.9 Å². The van der Waals surface area contributed by atoms with Gasteiger partial charge in [-0.1, -0.05) is 42.0 Å². The average Bonchev–Trinajstić information content (AvgIpc) is 3.09. The molecular formula is C20H21N3O. The Labute approximate surface area is 142 Å². The Morgan fingerprint density at radius 1 is 1.08 bits per heavy atom. The molecule has 0 aliphatic carbocycles. The lowest BCUT2D eigenvalue weighted by atomic mass is 10.0. The zero-order valence-corrected chi connectivity index (χ0v) is 14.0. The molecule has 1 aromatic heterocycles. The Morgan fingerprint density at radius 3 is 2.54 bits per heavy atom. The van der Waals surface area contributed by atoms with Gasteiger partial charge in [0.05, 0.1) is 6.54 Å². The van der Waals surface area contributed by atoms with E-state index < -0.39 is 0 Å². The van der Waals surface area contributed by atoms with Crippen molar-refractivity contribution < 1.29 is 4.79 Å². The summed E-state index contributed by atoms with van der Waals surface area (Å²) in [6, 6.07) is 16.1. The van der Waals surface area contributed by atoms with Crippen LogP contribution in [0.3, 0.4) is 0 Å². The molecule has 1 amide bonds. The molecule has 0 radical (unpaired) electrons. The molecule has 1 N–H and O–H groups in total. The van der Waals surface area contributed by atoms with Gasteiger partial charge in [-0.15, -0.1) is 0 Å². The first-order valence-electron chi connectivity index (χ1n) is 8.02. The van der Waals surface area contributed by atoms with E-state index in [1.165, 1.54) is 5.56 Å². The lowest BCUT2D eigenvalue weighted by molar-refractivity contribution is 0.0950. The van der Waals surface area contributed by atoms with Crippen LogP contribution in [0.25, 0.3) is 0 Å². The molecule has 4 heteroatoms. The first-order valence-corrected chi connectivity index (χ1v) is 8.02. The first kappa shape index (κ1) is 16.0. The zero-order valence-electron chi connectivity index (χ0n) is 14.0. The van der Waals surface area contributed by atoms with Crippen molar-refractivity contribution >= 4 is 5.91 Å². The molecule has 24 heavy (non-hydrogen) atoms. The monoisotopic (exact) mass is 319 g/mol. The van der Waals surface area contributed by atoms with Gasteiger partial charge in [-0.25, -0.2) is 0 Å². The van der Waals surface area contributed by atoms with E-state index in [1.807, 2.05) is 61.1 Å². The summed E-state index contributed by atoms with van der Waals surface area (Å²) in [6.07, 6.45) is 3.72. The van der Waals surface area contributed by atoms with E-state index in [-0.39, 0.29) is 5.91 Å². The van der Waals surface area contributed by atoms with E-state index in [0.717, 1.165) is 28.8 Å². The Bertz CT molecular complexity index is 821. The van der Waals surface area contributed by atoms with Gasteiger partial charge in [0.15, 0.2) is 0 Å². The van der Waals surface area contributed by atoms with Crippen LogP contribution in [0.4, 0.5) is 0 Å². The number of carbonyl (C=O) groups is 1. The fraction of sp³-hybridized carbons (Fsp3) is 0.200. The zero-order chi connectivity index (χ0) is 16.9. The SMILES string of the molecule is Cc1ccc(C)c(C(=O)NCc2ccc(Cn3cccn3)cc2)c1. The summed E-state index contributed by atoms with van der Waals surface area (Å²) in [4.78, 5) is 12.3. The van der Waals surface area contributed by atoms with Crippen molar-refractivity contribution in [1.82, 2.24) is 15.1 Å². The number of amides is 1. The molecule has 3 aromatic rings. The van der Waals surface area contributed by atoms with E-state index in [2.05, 4.69) is 22.5 Å². The van der Waals surface area contributed by atoms with E-state index in [0.29, 0.717) is 6.54 Å². The third kappa shape index (κ3) is 3.90. The number of rotatable bonds is 5. The standard InChI is InChI=1S/C20H21N3O/c1-15-4-5-16(2)19(12-15)20(24)21-13-17-6-8-18(9-7-17)14-23-11-3-10-22-23/h3-12H,13-14H2,1-2H3,(H,21,24). The lowest BCUT2D eigenvalue weighted by Gasteiger charge is -2.09. The van der Waals surface area contributed by atoms with Gasteiger partial charge in [0.25, 0.3) is 5.91 Å². The molecule has 2 aromatic carbocycles. The Balaban J connectivity index is 1.60. The second kappa shape index (κ2) is 7.13. The van der Waals surface area contributed by atoms with Crippen LogP contribution in [0, 0.1) is 13.8 Å². The number of benzene rings is 2. The first-order chi connectivity index (χ1) is 11.6. The predicted molar refractivity (Wildman–Crippen MR) is 94.9 cm³/mol. The van der Waals surface area contributed by atoms with Crippen LogP contribution in [0.15, 0.2) is 60.9 Å². The number of nitrogens with zero attached hydrogens (tertiary/aromatic N) is 2. The summed E-state index contributed by atoms with van der Waals surface area (Å²) < 4.78 is 1.89. The van der Waals surface area contributed by atoms with Gasteiger partial charge in [0.1, 0.15) is 0 Å². The van der Waals surface area contributed by atoms with Gasteiger partial charge in [0, 0.05) is 24.5 Å². The molecule has 0 unspecified atom stereocenters. The van der Waals surface area contributed by atoms with Crippen LogP contribution < -0.4 is 5.32 Å². The fourth-order valence-corrected chi connectivity index (χ4v) is 2.60. The molecule has 3 rings (SSSR count). The molecular weight excluding hydrogens is 298 g/mol. The highest BCUT2D eigenvalue weighted by Crippen LogP contribution is 2.11. The number of hydrogen-bond donors (Lipinski definition) is 1. The smallest absolute Gasteiger partial charge is 0.251 e. The van der Waals surface area contributed by atoms with Gasteiger partial charge < -0.3 is 5.32 Å². The summed E-state index contributed by atoms with van der Waals surface area (Å²) in [6.45, 7) is 5.23. The van der Waals surface area contributed by atoms with Crippen molar-refractivity contribution in [2.75, 3.05) is 0 Å². The van der Waals surface area contributed by atoms with E-state index >= 15 is 0 Å². The number of carbonyl (C=O) groups excluding carboxylic acids is 1. The molecule has 0 saturated carbocycles. The Hall–Kier alpha value is -2.88. The van der Waals surface area contributed by atoms with Gasteiger partial charge in [-0.3, -0.25) is 9.48 Å². The number of hydrogen-bond acceptors (Lipinski definition) is 2. The normalized spacial score (nSPS) is 10.6. The van der Waals surface area contributed by atoms with Crippen LogP contribution in [-0.4, -0.2) is 15.7 Å². The quantitative estimate of drug-likeness (QED) is 0.782. The Morgan fingerprint density at radius 2 is 1.83 bits per heavy atom. The van der Waals surface area contributed by atoms with Gasteiger partial charge >= 0.3 is 0 Å². The van der Waals surface area contributed by atoms with Crippen LogP contribution in [0.1, 0.15) is 32.6 Å². The maximum absolute atomic E-state index is 12.3. The van der Waals surface area contributed by atoms with E-state index in [9.17, 15) is 4.79 Å². The van der Waals surface area contributed by atoms with Gasteiger partial charge in [-0.2, -0.15) is 5.10 Å². The number of nitrogens with one attached hydrogen (secondary N) is 1. The maximum atomic E-state index is 12.3. The fourth-order valence-electron chi connectivity index (χ4n) is 2.60. The highest BCUT2D eigenvalue weighted by atomic mass is 16.1. The highest BCUT2D eigenvalue weighted by molar-refractivity contribution is 5.95. The summed E-state index contributed by atoms with van der Waals surface area (Å²) >= 11 is 0. The highest BCUT2D eigenvalue weighted by Gasteiger charge is 2.08. The summed E-state index contributed by atoms with van der Waals surface area (Å²) in [7, 11) is 0. The van der Waals surface area contributed by atoms with Gasteiger partial charge in [-0.05, 0) is 42.7 Å². The minimum atomic E-state index is -0.0307. The molecule has 4 nitrogen and oxygen atoms in total. The third-order valence-electron chi connectivity index (χ3n) is 4.02. The molecule has 0 spiro atoms. The average molecular weight is 319 g/mol. The Kier molecular flexibility index (Phi) is 4.75. The minimum absolute atomic E-state index is 0.0307. The second-order valence-electron chi connectivity index (χ2n) is 6.02. The number of aromatic nitrogens is 2. The molecule has 0 atom stereocenters. The topological polar surface area (TPSA) is 46.9 Å². The van der Waals surface area contributed by atoms with Crippen molar-refractivity contribution in [3.8, 4) is 0 Å². The number of aryl methyl sites for hydroxylation is 2. The maximum Gasteiger partial charge on any atom is 0.251 e. The van der Waals surface area contributed by atoms with E-state index in [4.69, 9.17) is 0 Å². The summed E-state index contributed by atoms with van der Waals surface area (Å²) in [5.41, 5.74) is 5.09. The van der Waals surface area contributed by atoms with Crippen LogP contribution >= 0.6 is 0 Å². The van der Waals surface area contributed by atoms with Crippen molar-refractivity contribution in [3.63, 3.8) is 0 Å². The second-order valence-corrected chi connectivity index (χ2v) is 6.02. The molecule has 0 aliphatic heterocycles. The summed E-state index contributed by atoms with van der Waals surface area (Å²) in [5, 5.41) is 7.19.